The second kappa shape index (κ2) is 5.89. The summed E-state index contributed by atoms with van der Waals surface area (Å²) < 4.78 is 5.74. The van der Waals surface area contributed by atoms with E-state index in [0.717, 1.165) is 12.2 Å². The minimum absolute atomic E-state index is 0.137. The molecule has 0 unspecified atom stereocenters. The van der Waals surface area contributed by atoms with E-state index in [9.17, 15) is 5.11 Å². The van der Waals surface area contributed by atoms with E-state index in [1.165, 1.54) is 5.56 Å². The number of aryl methyl sites for hydroxylation is 1. The fourth-order valence-corrected chi connectivity index (χ4v) is 1.93. The molecule has 94 valence electrons. The summed E-state index contributed by atoms with van der Waals surface area (Å²) in [4.78, 5) is 0. The fraction of sp³-hybridized carbons (Fsp3) is 0.200. The molecule has 0 fully saturated rings. The second-order valence-electron chi connectivity index (χ2n) is 3.97. The van der Waals surface area contributed by atoms with Crippen LogP contribution in [0.2, 0.25) is 5.02 Å². The molecule has 0 aromatic heterocycles. The monoisotopic (exact) mass is 262 g/mol. The Kier molecular flexibility index (Phi) is 4.24. The van der Waals surface area contributed by atoms with Gasteiger partial charge < -0.3 is 9.84 Å². The van der Waals surface area contributed by atoms with Crippen LogP contribution >= 0.6 is 11.6 Å². The molecular weight excluding hydrogens is 248 g/mol. The largest absolute Gasteiger partial charge is 0.457 e. The van der Waals surface area contributed by atoms with E-state index in [4.69, 9.17) is 16.3 Å². The van der Waals surface area contributed by atoms with Crippen molar-refractivity contribution in [1.29, 1.82) is 0 Å². The van der Waals surface area contributed by atoms with Crippen LogP contribution < -0.4 is 4.74 Å². The van der Waals surface area contributed by atoms with Gasteiger partial charge in [0.25, 0.3) is 0 Å². The van der Waals surface area contributed by atoms with Crippen molar-refractivity contribution >= 4 is 11.6 Å². The predicted molar refractivity (Wildman–Crippen MR) is 73.3 cm³/mol. The van der Waals surface area contributed by atoms with Gasteiger partial charge in [-0.25, -0.2) is 0 Å². The number of benzene rings is 2. The van der Waals surface area contributed by atoms with E-state index in [1.54, 1.807) is 18.2 Å². The highest BCUT2D eigenvalue weighted by atomic mass is 35.5. The first kappa shape index (κ1) is 12.9. The molecule has 0 saturated heterocycles. The molecule has 0 radical (unpaired) electrons. The van der Waals surface area contributed by atoms with Crippen molar-refractivity contribution in [3.63, 3.8) is 0 Å². The van der Waals surface area contributed by atoms with Crippen LogP contribution in [0.25, 0.3) is 0 Å². The van der Waals surface area contributed by atoms with E-state index in [2.05, 4.69) is 6.92 Å². The summed E-state index contributed by atoms with van der Waals surface area (Å²) in [5.41, 5.74) is 1.87. The summed E-state index contributed by atoms with van der Waals surface area (Å²) in [5.74, 6) is 1.33. The van der Waals surface area contributed by atoms with Crippen LogP contribution in [0.4, 0.5) is 0 Å². The number of hydrogen-bond acceptors (Lipinski definition) is 2. The minimum atomic E-state index is -0.137. The van der Waals surface area contributed by atoms with Gasteiger partial charge in [0, 0.05) is 10.6 Å². The van der Waals surface area contributed by atoms with Gasteiger partial charge >= 0.3 is 0 Å². The topological polar surface area (TPSA) is 29.5 Å². The van der Waals surface area contributed by atoms with Crippen molar-refractivity contribution in [1.82, 2.24) is 0 Å². The third kappa shape index (κ3) is 2.84. The predicted octanol–water partition coefficient (Wildman–Crippen LogP) is 4.19. The molecular formula is C15H15ClO2. The Hall–Kier alpha value is -1.51. The van der Waals surface area contributed by atoms with Gasteiger partial charge in [0.2, 0.25) is 0 Å². The molecule has 0 aliphatic carbocycles. The number of aliphatic hydroxyl groups is 1. The maximum Gasteiger partial charge on any atom is 0.134 e. The summed E-state index contributed by atoms with van der Waals surface area (Å²) in [6, 6.07) is 13.2. The highest BCUT2D eigenvalue weighted by molar-refractivity contribution is 6.31. The summed E-state index contributed by atoms with van der Waals surface area (Å²) in [7, 11) is 0. The Balaban J connectivity index is 2.25. The van der Waals surface area contributed by atoms with Crippen LogP contribution in [0.1, 0.15) is 18.1 Å². The molecule has 0 aliphatic heterocycles. The summed E-state index contributed by atoms with van der Waals surface area (Å²) >= 11 is 6.00. The van der Waals surface area contributed by atoms with Gasteiger partial charge in [-0.05, 0) is 36.2 Å². The van der Waals surface area contributed by atoms with Crippen molar-refractivity contribution in [2.45, 2.75) is 20.0 Å². The van der Waals surface area contributed by atoms with Crippen molar-refractivity contribution in [2.75, 3.05) is 0 Å². The molecule has 0 bridgehead atoms. The van der Waals surface area contributed by atoms with E-state index in [0.29, 0.717) is 16.3 Å². The molecule has 1 N–H and O–H groups in total. The van der Waals surface area contributed by atoms with Gasteiger partial charge in [0.05, 0.1) is 6.61 Å². The van der Waals surface area contributed by atoms with Crippen molar-refractivity contribution in [3.05, 3.63) is 58.6 Å². The molecule has 2 aromatic carbocycles. The first-order valence-corrected chi connectivity index (χ1v) is 6.27. The van der Waals surface area contributed by atoms with Crippen LogP contribution in [0.5, 0.6) is 11.5 Å². The standard InChI is InChI=1S/C15H15ClO2/c1-2-11-6-8-12(9-7-11)18-15-5-3-4-14(16)13(15)10-17/h3-9,17H,2,10H2,1H3. The van der Waals surface area contributed by atoms with Gasteiger partial charge in [0.1, 0.15) is 11.5 Å². The highest BCUT2D eigenvalue weighted by Crippen LogP contribution is 2.30. The first-order valence-electron chi connectivity index (χ1n) is 5.89. The Morgan fingerprint density at radius 1 is 1.11 bits per heavy atom. The van der Waals surface area contributed by atoms with E-state index >= 15 is 0 Å². The lowest BCUT2D eigenvalue weighted by Gasteiger charge is -2.11. The van der Waals surface area contributed by atoms with Crippen molar-refractivity contribution < 1.29 is 9.84 Å². The molecule has 0 saturated carbocycles. The average Bonchev–Trinajstić information content (AvgIpc) is 2.40. The Labute approximate surface area is 112 Å². The summed E-state index contributed by atoms with van der Waals surface area (Å²) in [6.45, 7) is 1.97. The third-order valence-electron chi connectivity index (χ3n) is 2.79. The first-order chi connectivity index (χ1) is 8.74. The maximum atomic E-state index is 9.30. The van der Waals surface area contributed by atoms with Crippen LogP contribution in [-0.2, 0) is 13.0 Å². The molecule has 2 rings (SSSR count). The molecule has 0 aliphatic rings. The second-order valence-corrected chi connectivity index (χ2v) is 4.38. The molecule has 18 heavy (non-hydrogen) atoms. The number of rotatable bonds is 4. The molecule has 2 aromatic rings. The molecule has 2 nitrogen and oxygen atoms in total. The average molecular weight is 263 g/mol. The zero-order chi connectivity index (χ0) is 13.0. The lowest BCUT2D eigenvalue weighted by Crippen LogP contribution is -1.93. The van der Waals surface area contributed by atoms with E-state index in [-0.39, 0.29) is 6.61 Å². The lowest BCUT2D eigenvalue weighted by atomic mass is 10.1. The normalized spacial score (nSPS) is 10.4. The Morgan fingerprint density at radius 2 is 1.83 bits per heavy atom. The summed E-state index contributed by atoms with van der Waals surface area (Å²) in [6.07, 6.45) is 0.999. The van der Waals surface area contributed by atoms with Crippen LogP contribution in [-0.4, -0.2) is 5.11 Å². The van der Waals surface area contributed by atoms with Crippen molar-refractivity contribution in [2.24, 2.45) is 0 Å². The van der Waals surface area contributed by atoms with E-state index in [1.807, 2.05) is 24.3 Å². The van der Waals surface area contributed by atoms with Gasteiger partial charge in [-0.3, -0.25) is 0 Å². The fourth-order valence-electron chi connectivity index (χ4n) is 1.71. The molecule has 0 atom stereocenters. The lowest BCUT2D eigenvalue weighted by molar-refractivity contribution is 0.276. The summed E-state index contributed by atoms with van der Waals surface area (Å²) in [5, 5.41) is 9.81. The zero-order valence-electron chi connectivity index (χ0n) is 10.2. The zero-order valence-corrected chi connectivity index (χ0v) is 10.9. The van der Waals surface area contributed by atoms with Crippen LogP contribution in [0.3, 0.4) is 0 Å². The smallest absolute Gasteiger partial charge is 0.134 e. The maximum absolute atomic E-state index is 9.30. The minimum Gasteiger partial charge on any atom is -0.457 e. The Morgan fingerprint density at radius 3 is 2.44 bits per heavy atom. The van der Waals surface area contributed by atoms with Gasteiger partial charge in [-0.2, -0.15) is 0 Å². The number of hydrogen-bond donors (Lipinski definition) is 1. The quantitative estimate of drug-likeness (QED) is 0.895. The van der Waals surface area contributed by atoms with Gasteiger partial charge in [-0.1, -0.05) is 36.7 Å². The molecule has 0 heterocycles. The van der Waals surface area contributed by atoms with E-state index < -0.39 is 0 Å². The molecule has 0 amide bonds. The molecule has 0 spiro atoms. The third-order valence-corrected chi connectivity index (χ3v) is 3.15. The highest BCUT2D eigenvalue weighted by Gasteiger charge is 2.07. The van der Waals surface area contributed by atoms with Gasteiger partial charge in [0.15, 0.2) is 0 Å². The van der Waals surface area contributed by atoms with Crippen LogP contribution in [0.15, 0.2) is 42.5 Å². The van der Waals surface area contributed by atoms with Crippen molar-refractivity contribution in [3.8, 4) is 11.5 Å². The van der Waals surface area contributed by atoms with Crippen LogP contribution in [0, 0.1) is 0 Å². The SMILES string of the molecule is CCc1ccc(Oc2cccc(Cl)c2CO)cc1. The number of aliphatic hydroxyl groups excluding tert-OH is 1. The number of ether oxygens (including phenoxy) is 1. The molecule has 3 heteroatoms. The van der Waals surface area contributed by atoms with Gasteiger partial charge in [-0.15, -0.1) is 0 Å². The number of halogens is 1. The Bertz CT molecular complexity index is 521.